The molecule has 10 heteroatoms. The standard InChI is InChI=1S/C20H39N4O5P/c1-15(2)24(16(3)4)30(27-12-6-8-21)29-18-17(28-20(22)19(18)25-5)7-9-23-10-13-26-14-11-23/h15-20H,6-7,9-14,22H2,1-5H3. The summed E-state index contributed by atoms with van der Waals surface area (Å²) in [5.74, 6) is 0. The summed E-state index contributed by atoms with van der Waals surface area (Å²) in [5, 5.41) is 8.92. The van der Waals surface area contributed by atoms with Crippen LogP contribution in [0, 0.1) is 11.3 Å². The summed E-state index contributed by atoms with van der Waals surface area (Å²) >= 11 is 0. The Labute approximate surface area is 182 Å². The van der Waals surface area contributed by atoms with Crippen LogP contribution in [-0.2, 0) is 23.3 Å². The number of nitrogens with two attached hydrogens (primary N) is 1. The maximum atomic E-state index is 8.92. The van der Waals surface area contributed by atoms with Crippen LogP contribution in [0.1, 0.15) is 40.5 Å². The van der Waals surface area contributed by atoms with Gasteiger partial charge in [-0.25, -0.2) is 4.67 Å². The van der Waals surface area contributed by atoms with Gasteiger partial charge in [-0.05, 0) is 34.1 Å². The van der Waals surface area contributed by atoms with Crippen LogP contribution in [0.5, 0.6) is 0 Å². The highest BCUT2D eigenvalue weighted by atomic mass is 31.2. The van der Waals surface area contributed by atoms with E-state index >= 15 is 0 Å². The fraction of sp³-hybridized carbons (Fsp3) is 0.950. The van der Waals surface area contributed by atoms with E-state index in [1.54, 1.807) is 7.11 Å². The fourth-order valence-corrected chi connectivity index (χ4v) is 5.69. The van der Waals surface area contributed by atoms with E-state index in [0.29, 0.717) is 13.0 Å². The Morgan fingerprint density at radius 3 is 2.43 bits per heavy atom. The molecule has 5 atom stereocenters. The number of hydrogen-bond donors (Lipinski definition) is 1. The molecule has 0 aromatic rings. The zero-order valence-electron chi connectivity index (χ0n) is 19.0. The first-order valence-corrected chi connectivity index (χ1v) is 12.0. The van der Waals surface area contributed by atoms with E-state index < -0.39 is 14.8 Å². The first-order valence-electron chi connectivity index (χ1n) is 10.9. The predicted molar refractivity (Wildman–Crippen MR) is 116 cm³/mol. The lowest BCUT2D eigenvalue weighted by molar-refractivity contribution is -0.0102. The first kappa shape index (κ1) is 25.9. The van der Waals surface area contributed by atoms with Gasteiger partial charge in [0.2, 0.25) is 0 Å². The van der Waals surface area contributed by atoms with Crippen LogP contribution in [0.2, 0.25) is 0 Å². The average molecular weight is 447 g/mol. The molecular weight excluding hydrogens is 407 g/mol. The molecule has 0 radical (unpaired) electrons. The molecule has 0 bridgehead atoms. The van der Waals surface area contributed by atoms with E-state index in [1.165, 1.54) is 0 Å². The second kappa shape index (κ2) is 13.2. The SMILES string of the molecule is COC1C(N)OC(CCN2CCOCC2)C1OP(OCCC#N)N(C(C)C)C(C)C. The van der Waals surface area contributed by atoms with E-state index in [4.69, 9.17) is 34.3 Å². The van der Waals surface area contributed by atoms with Crippen molar-refractivity contribution in [3.05, 3.63) is 0 Å². The van der Waals surface area contributed by atoms with Crippen LogP contribution in [0.3, 0.4) is 0 Å². The summed E-state index contributed by atoms with van der Waals surface area (Å²) in [4.78, 5) is 2.37. The molecule has 2 rings (SSSR count). The zero-order valence-corrected chi connectivity index (χ0v) is 19.9. The Hall–Kier alpha value is -0.400. The summed E-state index contributed by atoms with van der Waals surface area (Å²) in [7, 11) is 0.239. The molecular formula is C20H39N4O5P. The minimum atomic E-state index is -1.40. The lowest BCUT2D eigenvalue weighted by Crippen LogP contribution is -2.43. The molecule has 9 nitrogen and oxygen atoms in total. The maximum Gasteiger partial charge on any atom is 0.259 e. The molecule has 0 aromatic carbocycles. The van der Waals surface area contributed by atoms with Crippen molar-refractivity contribution >= 4 is 8.53 Å². The number of ether oxygens (including phenoxy) is 3. The topological polar surface area (TPSA) is 102 Å². The second-order valence-corrected chi connectivity index (χ2v) is 9.61. The molecule has 2 heterocycles. The summed E-state index contributed by atoms with van der Waals surface area (Å²) in [6, 6.07) is 2.58. The molecule has 30 heavy (non-hydrogen) atoms. The second-order valence-electron chi connectivity index (χ2n) is 8.20. The van der Waals surface area contributed by atoms with E-state index in [1.807, 2.05) is 0 Å². The lowest BCUT2D eigenvalue weighted by Gasteiger charge is -2.38. The molecule has 2 aliphatic rings. The molecule has 2 aliphatic heterocycles. The van der Waals surface area contributed by atoms with Crippen molar-refractivity contribution in [2.24, 2.45) is 5.73 Å². The minimum Gasteiger partial charge on any atom is -0.379 e. The van der Waals surface area contributed by atoms with Gasteiger partial charge >= 0.3 is 0 Å². The summed E-state index contributed by atoms with van der Waals surface area (Å²) in [6.45, 7) is 13.1. The van der Waals surface area contributed by atoms with Crippen molar-refractivity contribution in [3.63, 3.8) is 0 Å². The highest BCUT2D eigenvalue weighted by molar-refractivity contribution is 7.44. The summed E-state index contributed by atoms with van der Waals surface area (Å²) in [5.41, 5.74) is 6.22. The molecule has 2 saturated heterocycles. The highest BCUT2D eigenvalue weighted by Gasteiger charge is 2.46. The molecule has 2 fully saturated rings. The Kier molecular flexibility index (Phi) is 11.4. The van der Waals surface area contributed by atoms with E-state index in [9.17, 15) is 0 Å². The van der Waals surface area contributed by atoms with Gasteiger partial charge in [0.05, 0.1) is 38.4 Å². The molecule has 174 valence electrons. The Balaban J connectivity index is 2.11. The van der Waals surface area contributed by atoms with Crippen molar-refractivity contribution in [2.45, 2.75) is 77.2 Å². The zero-order chi connectivity index (χ0) is 22.1. The quantitative estimate of drug-likeness (QED) is 0.356. The largest absolute Gasteiger partial charge is 0.379 e. The summed E-state index contributed by atoms with van der Waals surface area (Å²) < 4.78 is 32.0. The minimum absolute atomic E-state index is 0.182. The van der Waals surface area contributed by atoms with Gasteiger partial charge in [0, 0.05) is 38.8 Å². The highest BCUT2D eigenvalue weighted by Crippen LogP contribution is 2.49. The number of rotatable bonds is 12. The van der Waals surface area contributed by atoms with Gasteiger partial charge in [0.1, 0.15) is 18.4 Å². The predicted octanol–water partition coefficient (Wildman–Crippen LogP) is 2.07. The normalized spacial score (nSPS) is 29.1. The lowest BCUT2D eigenvalue weighted by atomic mass is 10.1. The molecule has 0 saturated carbocycles. The van der Waals surface area contributed by atoms with Gasteiger partial charge in [-0.3, -0.25) is 4.90 Å². The Morgan fingerprint density at radius 1 is 1.20 bits per heavy atom. The van der Waals surface area contributed by atoms with Crippen LogP contribution in [0.25, 0.3) is 0 Å². The maximum absolute atomic E-state index is 8.92. The van der Waals surface area contributed by atoms with Crippen LogP contribution in [0.4, 0.5) is 0 Å². The summed E-state index contributed by atoms with van der Waals surface area (Å²) in [6.07, 6.45) is -0.315. The average Bonchev–Trinajstić information content (AvgIpc) is 3.01. The number of methoxy groups -OCH3 is 1. The molecule has 0 aliphatic carbocycles. The number of morpholine rings is 1. The number of nitriles is 1. The van der Waals surface area contributed by atoms with Crippen LogP contribution < -0.4 is 5.73 Å². The Morgan fingerprint density at radius 2 is 1.87 bits per heavy atom. The number of nitrogens with zero attached hydrogens (tertiary/aromatic N) is 3. The van der Waals surface area contributed by atoms with Gasteiger partial charge < -0.3 is 29.0 Å². The third-order valence-electron chi connectivity index (χ3n) is 5.33. The van der Waals surface area contributed by atoms with Crippen LogP contribution in [0.15, 0.2) is 0 Å². The fourth-order valence-electron chi connectivity index (χ4n) is 3.92. The van der Waals surface area contributed by atoms with Crippen molar-refractivity contribution in [1.82, 2.24) is 9.57 Å². The Bertz CT molecular complexity index is 522. The van der Waals surface area contributed by atoms with Crippen molar-refractivity contribution in [3.8, 4) is 6.07 Å². The third-order valence-corrected chi connectivity index (χ3v) is 7.45. The molecule has 5 unspecified atom stereocenters. The van der Waals surface area contributed by atoms with Crippen molar-refractivity contribution in [2.75, 3.05) is 46.6 Å². The molecule has 0 amide bonds. The van der Waals surface area contributed by atoms with Gasteiger partial charge in [0.25, 0.3) is 8.53 Å². The van der Waals surface area contributed by atoms with Crippen molar-refractivity contribution in [1.29, 1.82) is 5.26 Å². The first-order chi connectivity index (χ1) is 14.4. The van der Waals surface area contributed by atoms with Gasteiger partial charge in [-0.1, -0.05) is 0 Å². The van der Waals surface area contributed by atoms with Crippen molar-refractivity contribution < 1.29 is 23.3 Å². The van der Waals surface area contributed by atoms with Crippen LogP contribution >= 0.6 is 8.53 Å². The molecule has 0 spiro atoms. The third kappa shape index (κ3) is 7.33. The van der Waals surface area contributed by atoms with Gasteiger partial charge in [-0.15, -0.1) is 0 Å². The molecule has 0 aromatic heterocycles. The van der Waals surface area contributed by atoms with Gasteiger partial charge in [-0.2, -0.15) is 5.26 Å². The van der Waals surface area contributed by atoms with E-state index in [0.717, 1.165) is 39.3 Å². The number of hydrogen-bond acceptors (Lipinski definition) is 9. The smallest absolute Gasteiger partial charge is 0.259 e. The van der Waals surface area contributed by atoms with Crippen LogP contribution in [-0.4, -0.2) is 92.8 Å². The van der Waals surface area contributed by atoms with E-state index in [2.05, 4.69) is 43.3 Å². The van der Waals surface area contributed by atoms with E-state index in [-0.39, 0.29) is 30.4 Å². The molecule has 2 N–H and O–H groups in total. The van der Waals surface area contributed by atoms with Gasteiger partial charge in [0.15, 0.2) is 0 Å². The monoisotopic (exact) mass is 446 g/mol.